The summed E-state index contributed by atoms with van der Waals surface area (Å²) < 4.78 is 10.5. The molecule has 2 rings (SSSR count). The highest BCUT2D eigenvalue weighted by molar-refractivity contribution is 5.90. The summed E-state index contributed by atoms with van der Waals surface area (Å²) in [6.07, 6.45) is 2.11. The SMILES string of the molecule is COc1ccc(CCNC(=O)C2CCCO2)cc1NC(C)=O. The van der Waals surface area contributed by atoms with Gasteiger partial charge in [0.15, 0.2) is 0 Å². The van der Waals surface area contributed by atoms with Gasteiger partial charge in [-0.1, -0.05) is 6.07 Å². The number of methoxy groups -OCH3 is 1. The van der Waals surface area contributed by atoms with Crippen LogP contribution in [0.4, 0.5) is 5.69 Å². The Balaban J connectivity index is 1.89. The number of anilines is 1. The molecule has 2 amide bonds. The standard InChI is InChI=1S/C16H22N2O4/c1-11(19)18-13-10-12(5-6-14(13)21-2)7-8-17-16(20)15-4-3-9-22-15/h5-6,10,15H,3-4,7-9H2,1-2H3,(H,17,20)(H,18,19). The molecule has 120 valence electrons. The van der Waals surface area contributed by atoms with Crippen LogP contribution in [-0.2, 0) is 20.7 Å². The molecule has 0 aromatic heterocycles. The van der Waals surface area contributed by atoms with Gasteiger partial charge >= 0.3 is 0 Å². The van der Waals surface area contributed by atoms with Gasteiger partial charge in [-0.15, -0.1) is 0 Å². The monoisotopic (exact) mass is 306 g/mol. The molecular weight excluding hydrogens is 284 g/mol. The van der Waals surface area contributed by atoms with Crippen LogP contribution in [0.15, 0.2) is 18.2 Å². The van der Waals surface area contributed by atoms with Crippen LogP contribution >= 0.6 is 0 Å². The highest BCUT2D eigenvalue weighted by Gasteiger charge is 2.22. The minimum atomic E-state index is -0.300. The minimum Gasteiger partial charge on any atom is -0.495 e. The Hall–Kier alpha value is -2.08. The Morgan fingerprint density at radius 3 is 2.86 bits per heavy atom. The first-order valence-electron chi connectivity index (χ1n) is 7.44. The molecule has 6 nitrogen and oxygen atoms in total. The zero-order valence-electron chi connectivity index (χ0n) is 13.0. The maximum atomic E-state index is 11.8. The van der Waals surface area contributed by atoms with Crippen molar-refractivity contribution in [1.29, 1.82) is 0 Å². The van der Waals surface area contributed by atoms with Crippen molar-refractivity contribution >= 4 is 17.5 Å². The zero-order chi connectivity index (χ0) is 15.9. The molecule has 22 heavy (non-hydrogen) atoms. The van der Waals surface area contributed by atoms with Gasteiger partial charge in [-0.25, -0.2) is 0 Å². The van der Waals surface area contributed by atoms with Crippen LogP contribution in [0.3, 0.4) is 0 Å². The molecule has 1 aliphatic heterocycles. The normalized spacial score (nSPS) is 17.1. The maximum Gasteiger partial charge on any atom is 0.249 e. The molecule has 1 heterocycles. The number of ether oxygens (including phenoxy) is 2. The Bertz CT molecular complexity index is 539. The van der Waals surface area contributed by atoms with Gasteiger partial charge in [-0.05, 0) is 37.0 Å². The number of amides is 2. The third-order valence-electron chi connectivity index (χ3n) is 3.51. The lowest BCUT2D eigenvalue weighted by Gasteiger charge is -2.12. The lowest BCUT2D eigenvalue weighted by molar-refractivity contribution is -0.130. The summed E-state index contributed by atoms with van der Waals surface area (Å²) in [4.78, 5) is 23.0. The second-order valence-electron chi connectivity index (χ2n) is 5.26. The number of hydrogen-bond acceptors (Lipinski definition) is 4. The van der Waals surface area contributed by atoms with Gasteiger partial charge in [0.2, 0.25) is 11.8 Å². The van der Waals surface area contributed by atoms with E-state index in [9.17, 15) is 9.59 Å². The van der Waals surface area contributed by atoms with E-state index >= 15 is 0 Å². The quantitative estimate of drug-likeness (QED) is 0.835. The maximum absolute atomic E-state index is 11.8. The lowest BCUT2D eigenvalue weighted by atomic mass is 10.1. The fourth-order valence-electron chi connectivity index (χ4n) is 2.43. The molecule has 1 aliphatic rings. The molecule has 0 saturated carbocycles. The van der Waals surface area contributed by atoms with E-state index in [-0.39, 0.29) is 17.9 Å². The van der Waals surface area contributed by atoms with E-state index in [0.717, 1.165) is 18.4 Å². The van der Waals surface area contributed by atoms with E-state index in [0.29, 0.717) is 31.0 Å². The van der Waals surface area contributed by atoms with Crippen molar-refractivity contribution in [1.82, 2.24) is 5.32 Å². The van der Waals surface area contributed by atoms with Crippen molar-refractivity contribution in [2.24, 2.45) is 0 Å². The molecule has 1 aromatic rings. The summed E-state index contributed by atoms with van der Waals surface area (Å²) in [5.41, 5.74) is 1.65. The Kier molecular flexibility index (Phi) is 5.77. The highest BCUT2D eigenvalue weighted by atomic mass is 16.5. The first-order chi connectivity index (χ1) is 10.6. The first-order valence-corrected chi connectivity index (χ1v) is 7.44. The summed E-state index contributed by atoms with van der Waals surface area (Å²) in [5.74, 6) is 0.414. The van der Waals surface area contributed by atoms with Gasteiger partial charge in [-0.3, -0.25) is 9.59 Å². The second-order valence-corrected chi connectivity index (χ2v) is 5.26. The average Bonchev–Trinajstić information content (AvgIpc) is 3.01. The van der Waals surface area contributed by atoms with Crippen LogP contribution in [0.5, 0.6) is 5.75 Å². The largest absolute Gasteiger partial charge is 0.495 e. The molecule has 0 spiro atoms. The smallest absolute Gasteiger partial charge is 0.249 e. The fourth-order valence-corrected chi connectivity index (χ4v) is 2.43. The predicted molar refractivity (Wildman–Crippen MR) is 83.0 cm³/mol. The molecule has 1 atom stereocenters. The average molecular weight is 306 g/mol. The highest BCUT2D eigenvalue weighted by Crippen LogP contribution is 2.25. The summed E-state index contributed by atoms with van der Waals surface area (Å²) in [6, 6.07) is 5.59. The predicted octanol–water partition coefficient (Wildman–Crippen LogP) is 1.49. The van der Waals surface area contributed by atoms with Crippen molar-refractivity contribution < 1.29 is 19.1 Å². The molecule has 1 saturated heterocycles. The molecule has 1 aromatic carbocycles. The van der Waals surface area contributed by atoms with Crippen LogP contribution in [0, 0.1) is 0 Å². The fraction of sp³-hybridized carbons (Fsp3) is 0.500. The molecule has 1 fully saturated rings. The van der Waals surface area contributed by atoms with Crippen LogP contribution in [0.25, 0.3) is 0 Å². The van der Waals surface area contributed by atoms with E-state index < -0.39 is 0 Å². The van der Waals surface area contributed by atoms with E-state index in [2.05, 4.69) is 10.6 Å². The Morgan fingerprint density at radius 2 is 2.23 bits per heavy atom. The van der Waals surface area contributed by atoms with Crippen LogP contribution in [-0.4, -0.2) is 38.2 Å². The van der Waals surface area contributed by atoms with Crippen molar-refractivity contribution in [3.63, 3.8) is 0 Å². The summed E-state index contributed by atoms with van der Waals surface area (Å²) >= 11 is 0. The number of rotatable bonds is 6. The molecule has 0 bridgehead atoms. The van der Waals surface area contributed by atoms with E-state index in [1.165, 1.54) is 6.92 Å². The van der Waals surface area contributed by atoms with Gasteiger partial charge in [0.1, 0.15) is 11.9 Å². The Morgan fingerprint density at radius 1 is 1.41 bits per heavy atom. The summed E-state index contributed by atoms with van der Waals surface area (Å²) in [7, 11) is 1.56. The molecule has 0 aliphatic carbocycles. The van der Waals surface area contributed by atoms with Crippen molar-refractivity contribution in [3.05, 3.63) is 23.8 Å². The first kappa shape index (κ1) is 16.3. The van der Waals surface area contributed by atoms with Gasteiger partial charge in [0.05, 0.1) is 12.8 Å². The summed E-state index contributed by atoms with van der Waals surface area (Å²) in [5, 5.41) is 5.62. The van der Waals surface area contributed by atoms with Gasteiger partial charge in [0.25, 0.3) is 0 Å². The van der Waals surface area contributed by atoms with Gasteiger partial charge in [-0.2, -0.15) is 0 Å². The van der Waals surface area contributed by atoms with Crippen molar-refractivity contribution in [3.8, 4) is 5.75 Å². The summed E-state index contributed by atoms with van der Waals surface area (Å²) in [6.45, 7) is 2.65. The van der Waals surface area contributed by atoms with Crippen LogP contribution in [0.2, 0.25) is 0 Å². The number of carbonyl (C=O) groups is 2. The minimum absolute atomic E-state index is 0.0481. The topological polar surface area (TPSA) is 76.7 Å². The lowest BCUT2D eigenvalue weighted by Crippen LogP contribution is -2.35. The van der Waals surface area contributed by atoms with Crippen LogP contribution in [0.1, 0.15) is 25.3 Å². The Labute approximate surface area is 130 Å². The van der Waals surface area contributed by atoms with E-state index in [4.69, 9.17) is 9.47 Å². The van der Waals surface area contributed by atoms with E-state index in [1.807, 2.05) is 18.2 Å². The zero-order valence-corrected chi connectivity index (χ0v) is 13.0. The van der Waals surface area contributed by atoms with Gasteiger partial charge in [0, 0.05) is 20.1 Å². The molecule has 0 radical (unpaired) electrons. The second kappa shape index (κ2) is 7.79. The van der Waals surface area contributed by atoms with Gasteiger partial charge < -0.3 is 20.1 Å². The number of hydrogen-bond donors (Lipinski definition) is 2. The van der Waals surface area contributed by atoms with Crippen molar-refractivity contribution in [2.75, 3.05) is 25.6 Å². The van der Waals surface area contributed by atoms with Crippen molar-refractivity contribution in [2.45, 2.75) is 32.3 Å². The molecule has 6 heteroatoms. The third kappa shape index (κ3) is 4.46. The number of benzene rings is 1. The third-order valence-corrected chi connectivity index (χ3v) is 3.51. The number of nitrogens with one attached hydrogen (secondary N) is 2. The van der Waals surface area contributed by atoms with E-state index in [1.54, 1.807) is 7.11 Å². The molecular formula is C16H22N2O4. The molecule has 1 unspecified atom stereocenters. The number of carbonyl (C=O) groups excluding carboxylic acids is 2. The van der Waals surface area contributed by atoms with Crippen LogP contribution < -0.4 is 15.4 Å². The molecule has 2 N–H and O–H groups in total.